The molecule has 0 amide bonds. The minimum Gasteiger partial charge on any atom is -0.361 e. The van der Waals surface area contributed by atoms with Crippen molar-refractivity contribution in [2.24, 2.45) is 0 Å². The summed E-state index contributed by atoms with van der Waals surface area (Å²) in [4.78, 5) is 7.94. The fourth-order valence-corrected chi connectivity index (χ4v) is 2.02. The summed E-state index contributed by atoms with van der Waals surface area (Å²) in [6.45, 7) is 3.94. The highest BCUT2D eigenvalue weighted by atomic mass is 19.1. The topological polar surface area (TPSA) is 37.8 Å². The Bertz CT molecular complexity index is 528. The molecule has 2 aromatic rings. The lowest BCUT2D eigenvalue weighted by Crippen LogP contribution is -2.13. The van der Waals surface area contributed by atoms with Gasteiger partial charge in [-0.15, -0.1) is 0 Å². The van der Waals surface area contributed by atoms with E-state index in [2.05, 4.69) is 22.2 Å². The van der Waals surface area contributed by atoms with E-state index in [1.165, 1.54) is 6.33 Å². The van der Waals surface area contributed by atoms with Crippen molar-refractivity contribution in [2.45, 2.75) is 32.7 Å². The first-order valence-electron chi connectivity index (χ1n) is 6.57. The van der Waals surface area contributed by atoms with Crippen molar-refractivity contribution in [2.75, 3.05) is 5.32 Å². The molecular weight excluding hydrogens is 241 g/mol. The fraction of sp³-hybridized carbons (Fsp3) is 0.333. The second-order valence-corrected chi connectivity index (χ2v) is 4.35. The highest BCUT2D eigenvalue weighted by Gasteiger charge is 2.14. The van der Waals surface area contributed by atoms with Gasteiger partial charge < -0.3 is 5.32 Å². The maximum absolute atomic E-state index is 14.1. The van der Waals surface area contributed by atoms with Crippen molar-refractivity contribution in [3.8, 4) is 0 Å². The van der Waals surface area contributed by atoms with E-state index >= 15 is 0 Å². The van der Waals surface area contributed by atoms with E-state index in [1.807, 2.05) is 37.3 Å². The van der Waals surface area contributed by atoms with E-state index in [9.17, 15) is 4.39 Å². The predicted octanol–water partition coefficient (Wildman–Crippen LogP) is 3.74. The van der Waals surface area contributed by atoms with E-state index in [0.717, 1.165) is 12.0 Å². The van der Waals surface area contributed by atoms with Gasteiger partial charge in [-0.1, -0.05) is 44.2 Å². The van der Waals surface area contributed by atoms with Crippen molar-refractivity contribution < 1.29 is 4.39 Å². The molecule has 3 nitrogen and oxygen atoms in total. The van der Waals surface area contributed by atoms with Crippen LogP contribution in [0.5, 0.6) is 0 Å². The number of aryl methyl sites for hydroxylation is 1. The van der Waals surface area contributed by atoms with Crippen LogP contribution >= 0.6 is 0 Å². The first-order chi connectivity index (χ1) is 9.26. The Kier molecular flexibility index (Phi) is 4.44. The highest BCUT2D eigenvalue weighted by Crippen LogP contribution is 2.23. The van der Waals surface area contributed by atoms with Gasteiger partial charge in [0, 0.05) is 0 Å². The molecule has 0 aliphatic rings. The van der Waals surface area contributed by atoms with Gasteiger partial charge in [0.05, 0.1) is 11.7 Å². The highest BCUT2D eigenvalue weighted by molar-refractivity contribution is 5.40. The van der Waals surface area contributed by atoms with Crippen LogP contribution in [0.1, 0.15) is 37.6 Å². The first kappa shape index (κ1) is 13.5. The number of rotatable bonds is 5. The number of nitrogens with one attached hydrogen (secondary N) is 1. The van der Waals surface area contributed by atoms with Crippen LogP contribution in [0.4, 0.5) is 10.2 Å². The smallest absolute Gasteiger partial charge is 0.186 e. The van der Waals surface area contributed by atoms with E-state index in [0.29, 0.717) is 12.1 Å². The van der Waals surface area contributed by atoms with Crippen LogP contribution in [-0.4, -0.2) is 9.97 Å². The van der Waals surface area contributed by atoms with Gasteiger partial charge in [0.1, 0.15) is 6.33 Å². The Hall–Kier alpha value is -1.97. The number of nitrogens with zero attached hydrogens (tertiary/aromatic N) is 2. The van der Waals surface area contributed by atoms with E-state index < -0.39 is 0 Å². The molecule has 1 aromatic heterocycles. The summed E-state index contributed by atoms with van der Waals surface area (Å²) in [7, 11) is 0. The molecule has 1 heterocycles. The van der Waals surface area contributed by atoms with Crippen molar-refractivity contribution in [3.05, 3.63) is 53.7 Å². The molecule has 1 unspecified atom stereocenters. The molecule has 19 heavy (non-hydrogen) atoms. The monoisotopic (exact) mass is 259 g/mol. The average molecular weight is 259 g/mol. The van der Waals surface area contributed by atoms with Crippen molar-refractivity contribution in [1.29, 1.82) is 0 Å². The molecule has 0 radical (unpaired) electrons. The molecule has 1 N–H and O–H groups in total. The normalized spacial score (nSPS) is 12.2. The van der Waals surface area contributed by atoms with Gasteiger partial charge >= 0.3 is 0 Å². The van der Waals surface area contributed by atoms with Crippen molar-refractivity contribution in [3.63, 3.8) is 0 Å². The molecule has 2 rings (SSSR count). The molecule has 100 valence electrons. The van der Waals surface area contributed by atoms with Crippen LogP contribution in [0.3, 0.4) is 0 Å². The van der Waals surface area contributed by atoms with Gasteiger partial charge in [0.15, 0.2) is 11.6 Å². The fourth-order valence-electron chi connectivity index (χ4n) is 2.02. The number of anilines is 1. The van der Waals surface area contributed by atoms with Crippen LogP contribution in [0, 0.1) is 5.82 Å². The van der Waals surface area contributed by atoms with Gasteiger partial charge in [-0.2, -0.15) is 0 Å². The number of hydrogen-bond acceptors (Lipinski definition) is 3. The van der Waals surface area contributed by atoms with Gasteiger partial charge in [-0.25, -0.2) is 14.4 Å². The van der Waals surface area contributed by atoms with Gasteiger partial charge in [-0.05, 0) is 18.4 Å². The third-order valence-corrected chi connectivity index (χ3v) is 3.12. The van der Waals surface area contributed by atoms with Crippen LogP contribution in [0.15, 0.2) is 36.7 Å². The Labute approximate surface area is 112 Å². The maximum Gasteiger partial charge on any atom is 0.186 e. The number of aromatic nitrogens is 2. The summed E-state index contributed by atoms with van der Waals surface area (Å²) in [6.07, 6.45) is 2.82. The summed E-state index contributed by atoms with van der Waals surface area (Å²) in [5, 5.41) is 3.16. The molecule has 0 fully saturated rings. The van der Waals surface area contributed by atoms with Crippen molar-refractivity contribution >= 4 is 5.82 Å². The summed E-state index contributed by atoms with van der Waals surface area (Å²) in [5.41, 5.74) is 1.57. The number of benzene rings is 1. The summed E-state index contributed by atoms with van der Waals surface area (Å²) < 4.78 is 14.1. The Balaban J connectivity index is 2.24. The summed E-state index contributed by atoms with van der Waals surface area (Å²) in [5.74, 6) is -0.0677. The minimum atomic E-state index is -0.348. The minimum absolute atomic E-state index is 0.0512. The third kappa shape index (κ3) is 3.08. The standard InChI is InChI=1S/C15H18FN3/c1-3-12(11-8-6-5-7-9-11)19-15-14(16)13(4-2)17-10-18-15/h5-10,12H,3-4H2,1-2H3,(H,17,18,19). The molecule has 0 aliphatic carbocycles. The molecule has 1 atom stereocenters. The largest absolute Gasteiger partial charge is 0.361 e. The molecule has 0 saturated carbocycles. The van der Waals surface area contributed by atoms with Crippen LogP contribution < -0.4 is 5.32 Å². The first-order valence-corrected chi connectivity index (χ1v) is 6.57. The lowest BCUT2D eigenvalue weighted by molar-refractivity contribution is 0.591. The predicted molar refractivity (Wildman–Crippen MR) is 74.5 cm³/mol. The molecule has 0 spiro atoms. The Morgan fingerprint density at radius 3 is 2.53 bits per heavy atom. The van der Waals surface area contributed by atoms with E-state index in [-0.39, 0.29) is 17.7 Å². The SMILES string of the molecule is CCc1ncnc(NC(CC)c2ccccc2)c1F. The van der Waals surface area contributed by atoms with E-state index in [1.54, 1.807) is 0 Å². The van der Waals surface area contributed by atoms with Gasteiger partial charge in [0.25, 0.3) is 0 Å². The lowest BCUT2D eigenvalue weighted by Gasteiger charge is -2.18. The van der Waals surface area contributed by atoms with Crippen LogP contribution in [-0.2, 0) is 6.42 Å². The summed E-state index contributed by atoms with van der Waals surface area (Å²) in [6, 6.07) is 10.0. The third-order valence-electron chi connectivity index (χ3n) is 3.12. The zero-order valence-electron chi connectivity index (χ0n) is 11.2. The summed E-state index contributed by atoms with van der Waals surface area (Å²) >= 11 is 0. The second-order valence-electron chi connectivity index (χ2n) is 4.35. The quantitative estimate of drug-likeness (QED) is 0.888. The molecule has 4 heteroatoms. The van der Waals surface area contributed by atoms with Crippen LogP contribution in [0.2, 0.25) is 0 Å². The second kappa shape index (κ2) is 6.27. The number of halogens is 1. The molecular formula is C15H18FN3. The Morgan fingerprint density at radius 1 is 1.16 bits per heavy atom. The zero-order valence-corrected chi connectivity index (χ0v) is 11.2. The maximum atomic E-state index is 14.1. The van der Waals surface area contributed by atoms with Gasteiger partial charge in [0.2, 0.25) is 0 Å². The zero-order chi connectivity index (χ0) is 13.7. The lowest BCUT2D eigenvalue weighted by atomic mass is 10.0. The molecule has 0 bridgehead atoms. The number of hydrogen-bond donors (Lipinski definition) is 1. The average Bonchev–Trinajstić information content (AvgIpc) is 2.47. The van der Waals surface area contributed by atoms with Gasteiger partial charge in [-0.3, -0.25) is 0 Å². The van der Waals surface area contributed by atoms with E-state index in [4.69, 9.17) is 0 Å². The van der Waals surface area contributed by atoms with Crippen LogP contribution in [0.25, 0.3) is 0 Å². The molecule has 0 aliphatic heterocycles. The Morgan fingerprint density at radius 2 is 1.89 bits per heavy atom. The van der Waals surface area contributed by atoms with Crippen molar-refractivity contribution in [1.82, 2.24) is 9.97 Å². The molecule has 1 aromatic carbocycles. The molecule has 0 saturated heterocycles.